The number of nitrogens with one attached hydrogen (secondary N) is 1. The number of hydrogen-bond donors (Lipinski definition) is 2. The maximum atomic E-state index is 8.66. The summed E-state index contributed by atoms with van der Waals surface area (Å²) in [5, 5.41) is 11.9. The average molecular weight is 195 g/mol. The Hall–Kier alpha value is -1.06. The lowest BCUT2D eigenvalue weighted by Crippen LogP contribution is -2.21. The van der Waals surface area contributed by atoms with Gasteiger partial charge in [0.1, 0.15) is 5.75 Å². The Morgan fingerprint density at radius 2 is 2.00 bits per heavy atom. The van der Waals surface area contributed by atoms with Crippen molar-refractivity contribution in [1.82, 2.24) is 5.32 Å². The van der Waals surface area contributed by atoms with Crippen molar-refractivity contribution in [3.63, 3.8) is 0 Å². The third-order valence-corrected chi connectivity index (χ3v) is 2.18. The summed E-state index contributed by atoms with van der Waals surface area (Å²) in [5.41, 5.74) is 1.19. The van der Waals surface area contributed by atoms with E-state index in [0.717, 1.165) is 5.75 Å². The molecule has 3 heteroatoms. The van der Waals surface area contributed by atoms with E-state index in [-0.39, 0.29) is 12.6 Å². The van der Waals surface area contributed by atoms with Gasteiger partial charge in [0.2, 0.25) is 0 Å². The van der Waals surface area contributed by atoms with Crippen LogP contribution in [-0.2, 0) is 0 Å². The van der Waals surface area contributed by atoms with Crippen LogP contribution >= 0.6 is 0 Å². The van der Waals surface area contributed by atoms with Crippen LogP contribution in [0.3, 0.4) is 0 Å². The lowest BCUT2D eigenvalue weighted by atomic mass is 10.1. The van der Waals surface area contributed by atoms with Crippen molar-refractivity contribution >= 4 is 0 Å². The molecule has 0 aromatic heterocycles. The topological polar surface area (TPSA) is 41.5 Å². The second-order valence-corrected chi connectivity index (χ2v) is 3.17. The molecule has 1 rings (SSSR count). The number of aliphatic hydroxyl groups excluding tert-OH is 1. The molecule has 0 amide bonds. The minimum absolute atomic E-state index is 0.167. The van der Waals surface area contributed by atoms with Gasteiger partial charge in [0.05, 0.1) is 13.7 Å². The van der Waals surface area contributed by atoms with E-state index in [2.05, 4.69) is 12.2 Å². The molecule has 2 N–H and O–H groups in total. The lowest BCUT2D eigenvalue weighted by molar-refractivity contribution is 0.286. The highest BCUT2D eigenvalue weighted by atomic mass is 16.5. The van der Waals surface area contributed by atoms with Crippen molar-refractivity contribution in [2.45, 2.75) is 13.0 Å². The number of rotatable bonds is 5. The molecule has 0 saturated heterocycles. The molecular weight excluding hydrogens is 178 g/mol. The van der Waals surface area contributed by atoms with Crippen molar-refractivity contribution in [3.8, 4) is 5.75 Å². The first-order valence-electron chi connectivity index (χ1n) is 4.76. The summed E-state index contributed by atoms with van der Waals surface area (Å²) in [6.07, 6.45) is 0. The maximum Gasteiger partial charge on any atom is 0.118 e. The molecular formula is C11H17NO2. The zero-order chi connectivity index (χ0) is 10.4. The highest BCUT2D eigenvalue weighted by molar-refractivity contribution is 5.28. The van der Waals surface area contributed by atoms with Crippen LogP contribution in [0.1, 0.15) is 18.5 Å². The first kappa shape index (κ1) is 11.0. The molecule has 1 aromatic carbocycles. The molecule has 1 aromatic rings. The molecule has 0 fully saturated rings. The Labute approximate surface area is 84.7 Å². The Morgan fingerprint density at radius 3 is 2.50 bits per heavy atom. The Morgan fingerprint density at radius 1 is 1.36 bits per heavy atom. The Balaban J connectivity index is 2.57. The van der Waals surface area contributed by atoms with Gasteiger partial charge < -0.3 is 15.2 Å². The highest BCUT2D eigenvalue weighted by Crippen LogP contribution is 2.16. The molecule has 0 heterocycles. The molecule has 1 atom stereocenters. The first-order chi connectivity index (χ1) is 6.77. The van der Waals surface area contributed by atoms with Crippen LogP contribution in [-0.4, -0.2) is 25.4 Å². The van der Waals surface area contributed by atoms with Crippen LogP contribution in [0.15, 0.2) is 24.3 Å². The monoisotopic (exact) mass is 195 g/mol. The Kier molecular flexibility index (Phi) is 4.43. The highest BCUT2D eigenvalue weighted by Gasteiger charge is 2.03. The van der Waals surface area contributed by atoms with E-state index in [1.807, 2.05) is 24.3 Å². The maximum absolute atomic E-state index is 8.66. The van der Waals surface area contributed by atoms with Crippen LogP contribution in [0.25, 0.3) is 0 Å². The molecule has 0 aliphatic rings. The predicted octanol–water partition coefficient (Wildman–Crippen LogP) is 1.34. The number of ether oxygens (including phenoxy) is 1. The molecule has 78 valence electrons. The van der Waals surface area contributed by atoms with Gasteiger partial charge in [-0.1, -0.05) is 12.1 Å². The van der Waals surface area contributed by atoms with E-state index < -0.39 is 0 Å². The van der Waals surface area contributed by atoms with Crippen LogP contribution in [0, 0.1) is 0 Å². The van der Waals surface area contributed by atoms with E-state index in [9.17, 15) is 0 Å². The summed E-state index contributed by atoms with van der Waals surface area (Å²) in [6, 6.07) is 8.17. The molecule has 3 nitrogen and oxygen atoms in total. The lowest BCUT2D eigenvalue weighted by Gasteiger charge is -2.13. The first-order valence-corrected chi connectivity index (χ1v) is 4.76. The van der Waals surface area contributed by atoms with Crippen molar-refractivity contribution in [1.29, 1.82) is 0 Å². The number of hydrogen-bond acceptors (Lipinski definition) is 3. The fourth-order valence-corrected chi connectivity index (χ4v) is 1.29. The molecule has 0 aliphatic carbocycles. The van der Waals surface area contributed by atoms with Gasteiger partial charge in [0.15, 0.2) is 0 Å². The summed E-state index contributed by atoms with van der Waals surface area (Å²) in [5.74, 6) is 0.864. The van der Waals surface area contributed by atoms with Crippen LogP contribution in [0.5, 0.6) is 5.75 Å². The number of methoxy groups -OCH3 is 1. The number of aliphatic hydroxyl groups is 1. The zero-order valence-electron chi connectivity index (χ0n) is 8.66. The summed E-state index contributed by atoms with van der Waals surface area (Å²) in [4.78, 5) is 0. The minimum atomic E-state index is 0.167. The zero-order valence-corrected chi connectivity index (χ0v) is 8.66. The summed E-state index contributed by atoms with van der Waals surface area (Å²) < 4.78 is 5.07. The normalized spacial score (nSPS) is 12.5. The van der Waals surface area contributed by atoms with Gasteiger partial charge in [-0.15, -0.1) is 0 Å². The van der Waals surface area contributed by atoms with Gasteiger partial charge in [-0.25, -0.2) is 0 Å². The molecule has 14 heavy (non-hydrogen) atoms. The van der Waals surface area contributed by atoms with Gasteiger partial charge in [-0.05, 0) is 24.6 Å². The van der Waals surface area contributed by atoms with Crippen LogP contribution in [0.2, 0.25) is 0 Å². The SMILES string of the molecule is COc1ccc([C@@H](C)NCCO)cc1. The van der Waals surface area contributed by atoms with Gasteiger partial charge in [-0.3, -0.25) is 0 Å². The van der Waals surface area contributed by atoms with E-state index in [4.69, 9.17) is 9.84 Å². The van der Waals surface area contributed by atoms with Crippen LogP contribution < -0.4 is 10.1 Å². The number of benzene rings is 1. The second kappa shape index (κ2) is 5.62. The van der Waals surface area contributed by atoms with Crippen molar-refractivity contribution in [2.24, 2.45) is 0 Å². The van der Waals surface area contributed by atoms with Gasteiger partial charge in [0, 0.05) is 12.6 Å². The molecule has 0 saturated carbocycles. The largest absolute Gasteiger partial charge is 0.497 e. The molecule has 0 aliphatic heterocycles. The minimum Gasteiger partial charge on any atom is -0.497 e. The third-order valence-electron chi connectivity index (χ3n) is 2.18. The molecule has 0 unspecified atom stereocenters. The van der Waals surface area contributed by atoms with E-state index in [1.54, 1.807) is 7.11 Å². The van der Waals surface area contributed by atoms with Gasteiger partial charge in [-0.2, -0.15) is 0 Å². The van der Waals surface area contributed by atoms with E-state index in [1.165, 1.54) is 5.56 Å². The molecule has 0 radical (unpaired) electrons. The van der Waals surface area contributed by atoms with Crippen molar-refractivity contribution < 1.29 is 9.84 Å². The summed E-state index contributed by atoms with van der Waals surface area (Å²) in [6.45, 7) is 2.85. The summed E-state index contributed by atoms with van der Waals surface area (Å²) >= 11 is 0. The molecule has 0 spiro atoms. The fraction of sp³-hybridized carbons (Fsp3) is 0.455. The summed E-state index contributed by atoms with van der Waals surface area (Å²) in [7, 11) is 1.66. The average Bonchev–Trinajstić information content (AvgIpc) is 2.26. The van der Waals surface area contributed by atoms with Crippen molar-refractivity contribution in [2.75, 3.05) is 20.3 Å². The third kappa shape index (κ3) is 3.01. The standard InChI is InChI=1S/C11H17NO2/c1-9(12-7-8-13)10-3-5-11(14-2)6-4-10/h3-6,9,12-13H,7-8H2,1-2H3/t9-/m1/s1. The predicted molar refractivity (Wildman–Crippen MR) is 56.5 cm³/mol. The second-order valence-electron chi connectivity index (χ2n) is 3.17. The fourth-order valence-electron chi connectivity index (χ4n) is 1.29. The van der Waals surface area contributed by atoms with Gasteiger partial charge in [0.25, 0.3) is 0 Å². The smallest absolute Gasteiger partial charge is 0.118 e. The van der Waals surface area contributed by atoms with E-state index >= 15 is 0 Å². The quantitative estimate of drug-likeness (QED) is 0.745. The Bertz CT molecular complexity index is 258. The van der Waals surface area contributed by atoms with E-state index in [0.29, 0.717) is 6.54 Å². The van der Waals surface area contributed by atoms with Crippen molar-refractivity contribution in [3.05, 3.63) is 29.8 Å². The van der Waals surface area contributed by atoms with Gasteiger partial charge >= 0.3 is 0 Å². The van der Waals surface area contributed by atoms with Crippen LogP contribution in [0.4, 0.5) is 0 Å². The molecule has 0 bridgehead atoms.